The Labute approximate surface area is 233 Å². The molecule has 0 radical (unpaired) electrons. The maximum Gasteiger partial charge on any atom is 0.0273 e. The van der Waals surface area contributed by atoms with Crippen molar-refractivity contribution >= 4 is 43.1 Å². The lowest BCUT2D eigenvalue weighted by Gasteiger charge is -2.21. The second kappa shape index (κ2) is 9.18. The van der Waals surface area contributed by atoms with Gasteiger partial charge in [-0.15, -0.1) is 0 Å². The molecule has 0 spiro atoms. The van der Waals surface area contributed by atoms with E-state index in [1.54, 1.807) is 0 Å². The predicted molar refractivity (Wildman–Crippen MR) is 171 cm³/mol. The Kier molecular flexibility index (Phi) is 5.21. The van der Waals surface area contributed by atoms with Gasteiger partial charge in [-0.1, -0.05) is 121 Å². The molecule has 40 heavy (non-hydrogen) atoms. The summed E-state index contributed by atoms with van der Waals surface area (Å²) in [5, 5.41) is 10.1. The molecule has 0 atom stereocenters. The van der Waals surface area contributed by atoms with Crippen LogP contribution in [0.25, 0.3) is 76.5 Å². The number of nitrogens with zero attached hydrogens (tertiary/aromatic N) is 1. The van der Waals surface area contributed by atoms with E-state index in [0.717, 1.165) is 0 Å². The van der Waals surface area contributed by atoms with Crippen LogP contribution in [0.2, 0.25) is 0 Å². The van der Waals surface area contributed by atoms with Gasteiger partial charge in [-0.3, -0.25) is 4.98 Å². The highest BCUT2D eigenvalue weighted by atomic mass is 14.6. The highest BCUT2D eigenvalue weighted by Gasteiger charge is 2.20. The summed E-state index contributed by atoms with van der Waals surface area (Å²) in [5.74, 6) is 0. The van der Waals surface area contributed by atoms with Crippen LogP contribution in [0, 0.1) is 0 Å². The number of benzene rings is 7. The van der Waals surface area contributed by atoms with Gasteiger partial charge in [-0.05, 0) is 94.7 Å². The third-order valence-corrected chi connectivity index (χ3v) is 8.14. The summed E-state index contributed by atoms with van der Waals surface area (Å²) in [6.07, 6.45) is 3.76. The van der Waals surface area contributed by atoms with Crippen molar-refractivity contribution in [3.8, 4) is 33.4 Å². The van der Waals surface area contributed by atoms with Crippen LogP contribution in [0.1, 0.15) is 0 Å². The normalized spacial score (nSPS) is 11.5. The quantitative estimate of drug-likeness (QED) is 0.217. The molecule has 0 saturated heterocycles. The topological polar surface area (TPSA) is 12.9 Å². The number of rotatable bonds is 3. The molecule has 0 saturated carbocycles. The van der Waals surface area contributed by atoms with Crippen molar-refractivity contribution < 1.29 is 0 Å². The van der Waals surface area contributed by atoms with Gasteiger partial charge >= 0.3 is 0 Å². The zero-order valence-corrected chi connectivity index (χ0v) is 21.9. The smallest absolute Gasteiger partial charge is 0.0273 e. The Morgan fingerprint density at radius 2 is 0.850 bits per heavy atom. The van der Waals surface area contributed by atoms with Gasteiger partial charge in [0.25, 0.3) is 0 Å². The standard InChI is InChI=1S/C39H25N/c1-2-11-29-25-30(18-17-26(29)9-1)37-33-13-5-7-15-35(33)39(36-16-8-6-14-34(36)37)38-31-12-4-3-10-27(31)19-20-32(38)28-21-23-40-24-22-28/h1-25H. The van der Waals surface area contributed by atoms with Crippen molar-refractivity contribution in [2.75, 3.05) is 0 Å². The number of fused-ring (bicyclic) bond motifs is 4. The molecule has 0 aliphatic heterocycles. The minimum atomic E-state index is 1.17. The second-order valence-electron chi connectivity index (χ2n) is 10.3. The second-order valence-corrected chi connectivity index (χ2v) is 10.3. The molecule has 8 rings (SSSR count). The lowest BCUT2D eigenvalue weighted by atomic mass is 9.82. The van der Waals surface area contributed by atoms with E-state index >= 15 is 0 Å². The minimum Gasteiger partial charge on any atom is -0.265 e. The zero-order valence-electron chi connectivity index (χ0n) is 21.9. The van der Waals surface area contributed by atoms with Crippen molar-refractivity contribution in [1.29, 1.82) is 0 Å². The van der Waals surface area contributed by atoms with Gasteiger partial charge in [0.15, 0.2) is 0 Å². The molecule has 1 heteroatoms. The Balaban J connectivity index is 1.56. The molecule has 0 unspecified atom stereocenters. The molecule has 1 aromatic heterocycles. The van der Waals surface area contributed by atoms with E-state index in [-0.39, 0.29) is 0 Å². The van der Waals surface area contributed by atoms with Crippen LogP contribution < -0.4 is 0 Å². The molecule has 0 aliphatic carbocycles. The summed E-state index contributed by atoms with van der Waals surface area (Å²) in [6, 6.07) is 50.8. The average Bonchev–Trinajstić information content (AvgIpc) is 3.03. The molecule has 0 N–H and O–H groups in total. The molecule has 0 aliphatic rings. The molecule has 1 nitrogen and oxygen atoms in total. The van der Waals surface area contributed by atoms with Crippen LogP contribution >= 0.6 is 0 Å². The SMILES string of the molecule is c1ccc2cc(-c3c4ccccc4c(-c4c(-c5ccncc5)ccc5ccccc45)c4ccccc34)ccc2c1. The van der Waals surface area contributed by atoms with Crippen molar-refractivity contribution in [3.63, 3.8) is 0 Å². The summed E-state index contributed by atoms with van der Waals surface area (Å²) in [6.45, 7) is 0. The lowest BCUT2D eigenvalue weighted by molar-refractivity contribution is 1.33. The van der Waals surface area contributed by atoms with Gasteiger partial charge in [0, 0.05) is 12.4 Å². The van der Waals surface area contributed by atoms with Crippen molar-refractivity contribution in [2.24, 2.45) is 0 Å². The molecular formula is C39H25N. The van der Waals surface area contributed by atoms with E-state index in [1.807, 2.05) is 12.4 Å². The molecule has 1 heterocycles. The highest BCUT2D eigenvalue weighted by molar-refractivity contribution is 6.25. The largest absolute Gasteiger partial charge is 0.265 e. The monoisotopic (exact) mass is 507 g/mol. The highest BCUT2D eigenvalue weighted by Crippen LogP contribution is 2.48. The van der Waals surface area contributed by atoms with Crippen LogP contribution in [0.15, 0.2) is 152 Å². The van der Waals surface area contributed by atoms with E-state index in [1.165, 1.54) is 76.5 Å². The zero-order chi connectivity index (χ0) is 26.5. The van der Waals surface area contributed by atoms with Gasteiger partial charge in [-0.2, -0.15) is 0 Å². The molecule has 186 valence electrons. The van der Waals surface area contributed by atoms with Crippen molar-refractivity contribution in [3.05, 3.63) is 152 Å². The van der Waals surface area contributed by atoms with Crippen molar-refractivity contribution in [2.45, 2.75) is 0 Å². The molecular weight excluding hydrogens is 482 g/mol. The van der Waals surface area contributed by atoms with Crippen molar-refractivity contribution in [1.82, 2.24) is 4.98 Å². The summed E-state index contributed by atoms with van der Waals surface area (Å²) in [5.41, 5.74) is 7.45. The van der Waals surface area contributed by atoms with Crippen LogP contribution in [0.3, 0.4) is 0 Å². The molecule has 7 aromatic carbocycles. The predicted octanol–water partition coefficient (Wildman–Crippen LogP) is 10.7. The first-order valence-electron chi connectivity index (χ1n) is 13.7. The average molecular weight is 508 g/mol. The van der Waals surface area contributed by atoms with Crippen LogP contribution in [-0.4, -0.2) is 4.98 Å². The third-order valence-electron chi connectivity index (χ3n) is 8.14. The van der Waals surface area contributed by atoms with E-state index < -0.39 is 0 Å². The van der Waals surface area contributed by atoms with Gasteiger partial charge in [-0.25, -0.2) is 0 Å². The number of pyridine rings is 1. The fraction of sp³-hybridized carbons (Fsp3) is 0. The van der Waals surface area contributed by atoms with E-state index in [4.69, 9.17) is 0 Å². The fourth-order valence-corrected chi connectivity index (χ4v) is 6.37. The maximum absolute atomic E-state index is 4.30. The summed E-state index contributed by atoms with van der Waals surface area (Å²) in [4.78, 5) is 4.30. The van der Waals surface area contributed by atoms with E-state index in [0.29, 0.717) is 0 Å². The molecule has 0 bridgehead atoms. The first-order valence-corrected chi connectivity index (χ1v) is 13.7. The van der Waals surface area contributed by atoms with E-state index in [9.17, 15) is 0 Å². The number of hydrogen-bond donors (Lipinski definition) is 0. The molecule has 0 amide bonds. The Bertz CT molecular complexity index is 2150. The summed E-state index contributed by atoms with van der Waals surface area (Å²) >= 11 is 0. The van der Waals surface area contributed by atoms with Gasteiger partial charge < -0.3 is 0 Å². The Morgan fingerprint density at radius 3 is 1.52 bits per heavy atom. The summed E-state index contributed by atoms with van der Waals surface area (Å²) in [7, 11) is 0. The van der Waals surface area contributed by atoms with Gasteiger partial charge in [0.05, 0.1) is 0 Å². The summed E-state index contributed by atoms with van der Waals surface area (Å²) < 4.78 is 0. The Morgan fingerprint density at radius 1 is 0.325 bits per heavy atom. The third kappa shape index (κ3) is 3.52. The van der Waals surface area contributed by atoms with E-state index in [2.05, 4.69) is 145 Å². The van der Waals surface area contributed by atoms with Crippen LogP contribution in [0.5, 0.6) is 0 Å². The number of hydrogen-bond acceptors (Lipinski definition) is 1. The number of aromatic nitrogens is 1. The van der Waals surface area contributed by atoms with Gasteiger partial charge in [0.1, 0.15) is 0 Å². The Hall–Kier alpha value is -5.27. The van der Waals surface area contributed by atoms with Crippen LogP contribution in [0.4, 0.5) is 0 Å². The first-order chi connectivity index (χ1) is 19.9. The lowest BCUT2D eigenvalue weighted by Crippen LogP contribution is -1.94. The fourth-order valence-electron chi connectivity index (χ4n) is 6.37. The van der Waals surface area contributed by atoms with Crippen LogP contribution in [-0.2, 0) is 0 Å². The molecule has 8 aromatic rings. The first kappa shape index (κ1) is 22.7. The minimum absolute atomic E-state index is 1.17. The molecule has 0 fully saturated rings. The van der Waals surface area contributed by atoms with Gasteiger partial charge in [0.2, 0.25) is 0 Å². The maximum atomic E-state index is 4.30.